The van der Waals surface area contributed by atoms with Crippen LogP contribution in [0, 0.1) is 0 Å². The SMILES string of the molecule is CCCCCCCCN1C(=O)c2ccc3c4ccc5c6c(ccc(c7ccc(c2c37)C1=O)c64)C(=O)N(c1cc(C(C)(C)C)cc2c1Oc1c(N3C(=O)c4ccc6c7ccc8c9c(ccc(c%10ccc(c4c6%10)C3=O)c97)C(=O)N(CCCCCCCC)C8=O)cc(C(C)(C)C)cc1C2(C)C)C5=O. The van der Waals surface area contributed by atoms with Crippen LogP contribution in [0.5, 0.6) is 11.5 Å². The molecule has 0 saturated heterocycles. The zero-order valence-corrected chi connectivity index (χ0v) is 58.4. The number of carbonyl (C=O) groups is 8. The normalized spacial score (nSPS) is 15.9. The Morgan fingerprint density at radius 1 is 0.310 bits per heavy atom. The molecule has 8 amide bonds. The maximum Gasteiger partial charge on any atom is 0.266 e. The highest BCUT2D eigenvalue weighted by Crippen LogP contribution is 2.59. The number of carbonyl (C=O) groups excluding carboxylic acids is 8. The number of ether oxygens (including phenoxy) is 1. The lowest BCUT2D eigenvalue weighted by atomic mass is 9.71. The summed E-state index contributed by atoms with van der Waals surface area (Å²) < 4.78 is 7.40. The van der Waals surface area contributed by atoms with E-state index in [4.69, 9.17) is 4.74 Å². The van der Waals surface area contributed by atoms with E-state index in [9.17, 15) is 19.2 Å². The lowest BCUT2D eigenvalue weighted by Gasteiger charge is -2.41. The minimum Gasteiger partial charge on any atom is -0.452 e. The number of nitrogens with zero attached hydrogens (tertiary/aromatic N) is 4. The summed E-state index contributed by atoms with van der Waals surface area (Å²) in [4.78, 5) is 126. The average Bonchev–Trinajstić information content (AvgIpc) is 0.694. The summed E-state index contributed by atoms with van der Waals surface area (Å²) in [5.74, 6) is -2.98. The maximum atomic E-state index is 16.0. The van der Waals surface area contributed by atoms with E-state index in [0.29, 0.717) is 90.3 Å². The van der Waals surface area contributed by atoms with Gasteiger partial charge in [-0.3, -0.25) is 48.2 Å². The molecule has 5 heterocycles. The van der Waals surface area contributed by atoms with Crippen LogP contribution in [0.2, 0.25) is 0 Å². The number of fused-ring (bicyclic) bond motifs is 6. The van der Waals surface area contributed by atoms with Gasteiger partial charge in [-0.1, -0.05) is 194 Å². The van der Waals surface area contributed by atoms with E-state index in [2.05, 4.69) is 81.4 Å². The van der Waals surface area contributed by atoms with Gasteiger partial charge in [-0.25, -0.2) is 9.80 Å². The van der Waals surface area contributed by atoms with Gasteiger partial charge in [-0.2, -0.15) is 0 Å². The number of unbranched alkanes of at least 4 members (excludes halogenated alkanes) is 10. The molecule has 0 radical (unpaired) electrons. The third-order valence-corrected chi connectivity index (χ3v) is 22.8. The molecule has 17 rings (SSSR count). The van der Waals surface area contributed by atoms with Gasteiger partial charge < -0.3 is 4.74 Å². The first-order valence-electron chi connectivity index (χ1n) is 35.9. The second-order valence-corrected chi connectivity index (χ2v) is 31.2. The second-order valence-electron chi connectivity index (χ2n) is 31.2. The lowest BCUT2D eigenvalue weighted by Crippen LogP contribution is -2.42. The molecule has 100 heavy (non-hydrogen) atoms. The molecule has 12 aromatic carbocycles. The van der Waals surface area contributed by atoms with Crippen molar-refractivity contribution in [1.29, 1.82) is 0 Å². The molecule has 12 aromatic rings. The summed E-state index contributed by atoms with van der Waals surface area (Å²) in [6, 6.07) is 37.7. The summed E-state index contributed by atoms with van der Waals surface area (Å²) in [6.07, 6.45) is 12.3. The van der Waals surface area contributed by atoms with Crippen molar-refractivity contribution in [3.63, 3.8) is 0 Å². The van der Waals surface area contributed by atoms with Gasteiger partial charge in [0, 0.05) is 95.7 Å². The number of hydrogen-bond donors (Lipinski definition) is 0. The van der Waals surface area contributed by atoms with Gasteiger partial charge in [0.1, 0.15) is 0 Å². The summed E-state index contributed by atoms with van der Waals surface area (Å²) in [7, 11) is 0. The molecule has 0 spiro atoms. The van der Waals surface area contributed by atoms with Crippen molar-refractivity contribution in [2.45, 2.75) is 163 Å². The number of benzene rings is 12. The minimum atomic E-state index is -0.942. The molecule has 5 aliphatic rings. The van der Waals surface area contributed by atoms with Gasteiger partial charge in [0.25, 0.3) is 47.3 Å². The Hall–Kier alpha value is -10.4. The Balaban J connectivity index is 0.765. The van der Waals surface area contributed by atoms with E-state index >= 15 is 19.2 Å². The maximum absolute atomic E-state index is 16.0. The van der Waals surface area contributed by atoms with E-state index in [1.54, 1.807) is 24.3 Å². The molecule has 0 saturated carbocycles. The van der Waals surface area contributed by atoms with Crippen LogP contribution in [0.4, 0.5) is 11.4 Å². The summed E-state index contributed by atoms with van der Waals surface area (Å²) in [6.45, 7) is 21.7. The molecule has 0 aromatic heterocycles. The smallest absolute Gasteiger partial charge is 0.266 e. The quantitative estimate of drug-likeness (QED) is 0.0397. The molecule has 13 nitrogen and oxygen atoms in total. The monoisotopic (exact) mass is 1320 g/mol. The summed E-state index contributed by atoms with van der Waals surface area (Å²) in [5, 5.41) is 11.6. The first-order valence-corrected chi connectivity index (χ1v) is 35.9. The van der Waals surface area contributed by atoms with Gasteiger partial charge in [0.2, 0.25) is 0 Å². The Morgan fingerprint density at radius 2 is 0.550 bits per heavy atom. The van der Waals surface area contributed by atoms with Gasteiger partial charge in [-0.15, -0.1) is 0 Å². The second kappa shape index (κ2) is 22.3. The molecule has 0 fully saturated rings. The minimum absolute atomic E-state index is 0.214. The van der Waals surface area contributed by atoms with E-state index in [-0.39, 0.29) is 46.5 Å². The van der Waals surface area contributed by atoms with Crippen LogP contribution in [0.15, 0.2) is 121 Å². The van der Waals surface area contributed by atoms with Crippen molar-refractivity contribution < 1.29 is 43.1 Å². The predicted molar refractivity (Wildman–Crippen MR) is 398 cm³/mol. The predicted octanol–water partition coefficient (Wildman–Crippen LogP) is 20.3. The van der Waals surface area contributed by atoms with Crippen molar-refractivity contribution >= 4 is 145 Å². The lowest BCUT2D eigenvalue weighted by molar-refractivity contribution is 0.0592. The first kappa shape index (κ1) is 63.1. The van der Waals surface area contributed by atoms with Crippen LogP contribution >= 0.6 is 0 Å². The molecule has 0 unspecified atom stereocenters. The fourth-order valence-corrected chi connectivity index (χ4v) is 17.4. The van der Waals surface area contributed by atoms with Crippen molar-refractivity contribution in [1.82, 2.24) is 9.80 Å². The Labute approximate surface area is 579 Å². The van der Waals surface area contributed by atoms with Crippen LogP contribution in [0.1, 0.15) is 251 Å². The van der Waals surface area contributed by atoms with Crippen molar-refractivity contribution in [3.05, 3.63) is 188 Å². The fraction of sp³-hybridized carbons (Fsp3) is 0.310. The highest BCUT2D eigenvalue weighted by Gasteiger charge is 2.47. The topological polar surface area (TPSA) is 159 Å². The van der Waals surface area contributed by atoms with Gasteiger partial charge >= 0.3 is 0 Å². The standard InChI is InChI=1S/C87H78N4O9/c1-11-13-15-17-19-21-39-88-77(92)55-31-23-47-51-27-35-59-73-60(36-28-52(69(51)73)48-24-32-56(78(88)93)71(55)67(47)48)82(97)90(81(59)96)65-43-45(85(3,4)5)41-63-75(65)100-76-64(87(63,9)10)42-46(86(6,7)8)44-66(76)91-83(98)61-37-29-53-49-25-33-57-72-58(80(95)89(79(57)94)40-22-20-18-16-14-12-2)34-26-50(68(49)72)54-30-38-62(84(91)99)74(61)70(53)54/h23-38,41-44H,11-22,39-40H2,1-10H3. The molecular formula is C87H78N4O9. The van der Waals surface area contributed by atoms with Crippen molar-refractivity contribution in [2.75, 3.05) is 22.9 Å². The van der Waals surface area contributed by atoms with Crippen LogP contribution in [-0.2, 0) is 16.2 Å². The summed E-state index contributed by atoms with van der Waals surface area (Å²) in [5.41, 5.74) is 4.73. The highest BCUT2D eigenvalue weighted by atomic mass is 16.5. The molecule has 13 heteroatoms. The Morgan fingerprint density at radius 3 is 0.800 bits per heavy atom. The molecule has 5 aliphatic heterocycles. The van der Waals surface area contributed by atoms with E-state index in [0.717, 1.165) is 153 Å². The third kappa shape index (κ3) is 8.78. The van der Waals surface area contributed by atoms with E-state index in [1.807, 2.05) is 84.9 Å². The molecule has 0 N–H and O–H groups in total. The van der Waals surface area contributed by atoms with E-state index in [1.165, 1.54) is 19.6 Å². The number of anilines is 2. The van der Waals surface area contributed by atoms with Gasteiger partial charge in [-0.05, 0) is 160 Å². The number of rotatable bonds is 16. The van der Waals surface area contributed by atoms with E-state index < -0.39 is 39.9 Å². The highest BCUT2D eigenvalue weighted by molar-refractivity contribution is 6.46. The molecule has 0 aliphatic carbocycles. The average molecular weight is 1320 g/mol. The molecule has 0 atom stereocenters. The van der Waals surface area contributed by atoms with Crippen molar-refractivity contribution in [2.24, 2.45) is 0 Å². The summed E-state index contributed by atoms with van der Waals surface area (Å²) >= 11 is 0. The van der Waals surface area contributed by atoms with Crippen LogP contribution < -0.4 is 14.5 Å². The van der Waals surface area contributed by atoms with Crippen LogP contribution in [0.25, 0.3) is 86.2 Å². The van der Waals surface area contributed by atoms with Gasteiger partial charge in [0.15, 0.2) is 11.5 Å². The molecule has 500 valence electrons. The van der Waals surface area contributed by atoms with Crippen molar-refractivity contribution in [3.8, 4) is 11.5 Å². The fourth-order valence-electron chi connectivity index (χ4n) is 17.4. The molecular weight excluding hydrogens is 1240 g/mol. The van der Waals surface area contributed by atoms with Crippen LogP contribution in [-0.4, -0.2) is 70.1 Å². The zero-order chi connectivity index (χ0) is 69.7. The third-order valence-electron chi connectivity index (χ3n) is 22.8. The number of hydrogen-bond acceptors (Lipinski definition) is 9. The van der Waals surface area contributed by atoms with Gasteiger partial charge in [0.05, 0.1) is 11.4 Å². The van der Waals surface area contributed by atoms with Crippen LogP contribution in [0.3, 0.4) is 0 Å². The Kier molecular flexibility index (Phi) is 14.1. The Bertz CT molecular complexity index is 5170. The largest absolute Gasteiger partial charge is 0.452 e. The number of amides is 8. The first-order chi connectivity index (χ1) is 48.0. The number of imide groups is 4. The molecule has 0 bridgehead atoms. The zero-order valence-electron chi connectivity index (χ0n) is 58.4.